The number of hydrogen-bond acceptors (Lipinski definition) is 3. The van der Waals surface area contributed by atoms with Crippen LogP contribution in [0.1, 0.15) is 31.5 Å². The Labute approximate surface area is 130 Å². The molecule has 2 atom stereocenters. The highest BCUT2D eigenvalue weighted by Gasteiger charge is 2.29. The number of aromatic nitrogens is 4. The fourth-order valence-corrected chi connectivity index (χ4v) is 3.15. The van der Waals surface area contributed by atoms with E-state index in [2.05, 4.69) is 21.5 Å². The van der Waals surface area contributed by atoms with Gasteiger partial charge < -0.3 is 14.0 Å². The van der Waals surface area contributed by atoms with Gasteiger partial charge in [-0.15, -0.1) is 0 Å². The third kappa shape index (κ3) is 3.05. The van der Waals surface area contributed by atoms with Gasteiger partial charge in [0.05, 0.1) is 18.7 Å². The molecule has 0 bridgehead atoms. The molecule has 1 saturated heterocycles. The van der Waals surface area contributed by atoms with Gasteiger partial charge >= 0.3 is 0 Å². The van der Waals surface area contributed by atoms with E-state index in [-0.39, 0.29) is 5.91 Å². The molecule has 3 heterocycles. The van der Waals surface area contributed by atoms with E-state index >= 15 is 0 Å². The maximum Gasteiger partial charge on any atom is 0.223 e. The van der Waals surface area contributed by atoms with E-state index in [1.54, 1.807) is 12.5 Å². The van der Waals surface area contributed by atoms with Crippen molar-refractivity contribution in [2.45, 2.75) is 32.2 Å². The van der Waals surface area contributed by atoms with Gasteiger partial charge in [0.25, 0.3) is 0 Å². The van der Waals surface area contributed by atoms with Crippen molar-refractivity contribution in [1.29, 1.82) is 0 Å². The zero-order valence-corrected chi connectivity index (χ0v) is 13.2. The molecular weight excluding hydrogens is 278 g/mol. The summed E-state index contributed by atoms with van der Waals surface area (Å²) in [5.74, 6) is 0.800. The van der Waals surface area contributed by atoms with Crippen molar-refractivity contribution in [3.05, 3.63) is 36.9 Å². The number of carbonyl (C=O) groups excluding carboxylic acids is 1. The van der Waals surface area contributed by atoms with Gasteiger partial charge in [0, 0.05) is 50.8 Å². The second-order valence-corrected chi connectivity index (χ2v) is 6.18. The van der Waals surface area contributed by atoms with Crippen LogP contribution in [0, 0.1) is 5.92 Å². The zero-order chi connectivity index (χ0) is 15.5. The smallest absolute Gasteiger partial charge is 0.223 e. The molecule has 1 aliphatic heterocycles. The Bertz CT molecular complexity index is 618. The molecule has 22 heavy (non-hydrogen) atoms. The van der Waals surface area contributed by atoms with Crippen molar-refractivity contribution in [3.8, 4) is 0 Å². The predicted octanol–water partition coefficient (Wildman–Crippen LogP) is 1.66. The van der Waals surface area contributed by atoms with E-state index in [0.717, 1.165) is 31.6 Å². The number of imidazole rings is 2. The first-order valence-corrected chi connectivity index (χ1v) is 7.85. The molecule has 0 aliphatic carbocycles. The van der Waals surface area contributed by atoms with Crippen molar-refractivity contribution in [2.75, 3.05) is 13.1 Å². The third-order valence-electron chi connectivity index (χ3n) is 4.69. The zero-order valence-electron chi connectivity index (χ0n) is 13.2. The van der Waals surface area contributed by atoms with Crippen LogP contribution in [0.5, 0.6) is 0 Å². The van der Waals surface area contributed by atoms with Gasteiger partial charge in [-0.1, -0.05) is 6.92 Å². The minimum atomic E-state index is 0.234. The lowest BCUT2D eigenvalue weighted by atomic mass is 9.93. The SMILES string of the molecule is C[C@H]1CCN(C(=O)CCc2cncn2C)C[C@H]1n1ccnc1. The minimum absolute atomic E-state index is 0.234. The van der Waals surface area contributed by atoms with Crippen LogP contribution in [0.25, 0.3) is 0 Å². The molecule has 6 heteroatoms. The first-order valence-electron chi connectivity index (χ1n) is 7.85. The lowest BCUT2D eigenvalue weighted by Crippen LogP contribution is -2.43. The van der Waals surface area contributed by atoms with Gasteiger partial charge in [-0.3, -0.25) is 4.79 Å². The molecule has 1 amide bonds. The number of hydrogen-bond donors (Lipinski definition) is 0. The van der Waals surface area contributed by atoms with Gasteiger partial charge in [-0.05, 0) is 18.8 Å². The number of amides is 1. The summed E-state index contributed by atoms with van der Waals surface area (Å²) < 4.78 is 4.10. The molecule has 0 radical (unpaired) electrons. The Morgan fingerprint density at radius 2 is 2.23 bits per heavy atom. The molecular formula is C16H23N5O. The molecule has 2 aromatic heterocycles. The summed E-state index contributed by atoms with van der Waals surface area (Å²) in [6, 6.07) is 0.330. The number of aryl methyl sites for hydroxylation is 2. The van der Waals surface area contributed by atoms with Crippen LogP contribution in [-0.2, 0) is 18.3 Å². The number of nitrogens with zero attached hydrogens (tertiary/aromatic N) is 5. The normalized spacial score (nSPS) is 22.0. The summed E-state index contributed by atoms with van der Waals surface area (Å²) in [7, 11) is 1.96. The second-order valence-electron chi connectivity index (χ2n) is 6.18. The second kappa shape index (κ2) is 6.34. The highest BCUT2D eigenvalue weighted by molar-refractivity contribution is 5.76. The standard InChI is InChI=1S/C16H23N5O/c1-13-5-7-20(10-15(13)21-8-6-17-12-21)16(22)4-3-14-9-18-11-19(14)2/h6,8-9,11-13,15H,3-5,7,10H2,1-2H3/t13-,15+/m0/s1. The van der Waals surface area contributed by atoms with Crippen LogP contribution >= 0.6 is 0 Å². The number of carbonyl (C=O) groups is 1. The van der Waals surface area contributed by atoms with E-state index in [9.17, 15) is 4.79 Å². The molecule has 0 N–H and O–H groups in total. The van der Waals surface area contributed by atoms with Crippen LogP contribution in [-0.4, -0.2) is 43.0 Å². The monoisotopic (exact) mass is 301 g/mol. The van der Waals surface area contributed by atoms with Gasteiger partial charge in [-0.25, -0.2) is 9.97 Å². The maximum atomic E-state index is 12.5. The Morgan fingerprint density at radius 3 is 2.91 bits per heavy atom. The number of piperidine rings is 1. The minimum Gasteiger partial charge on any atom is -0.341 e. The summed E-state index contributed by atoms with van der Waals surface area (Å²) in [6.07, 6.45) is 11.6. The highest BCUT2D eigenvalue weighted by atomic mass is 16.2. The van der Waals surface area contributed by atoms with Crippen LogP contribution in [0.4, 0.5) is 0 Å². The average Bonchev–Trinajstić information content (AvgIpc) is 3.17. The lowest BCUT2D eigenvalue weighted by molar-refractivity contribution is -0.133. The predicted molar refractivity (Wildman–Crippen MR) is 83.2 cm³/mol. The van der Waals surface area contributed by atoms with Crippen molar-refractivity contribution in [1.82, 2.24) is 24.0 Å². The Morgan fingerprint density at radius 1 is 1.36 bits per heavy atom. The van der Waals surface area contributed by atoms with Crippen molar-refractivity contribution in [2.24, 2.45) is 13.0 Å². The van der Waals surface area contributed by atoms with Crippen LogP contribution in [0.3, 0.4) is 0 Å². The molecule has 0 saturated carbocycles. The van der Waals surface area contributed by atoms with E-state index in [4.69, 9.17) is 0 Å². The van der Waals surface area contributed by atoms with Crippen LogP contribution in [0.2, 0.25) is 0 Å². The van der Waals surface area contributed by atoms with E-state index in [1.807, 2.05) is 35.2 Å². The highest BCUT2D eigenvalue weighted by Crippen LogP contribution is 2.27. The first-order chi connectivity index (χ1) is 10.6. The van der Waals surface area contributed by atoms with Crippen molar-refractivity contribution in [3.63, 3.8) is 0 Å². The van der Waals surface area contributed by atoms with Crippen molar-refractivity contribution < 1.29 is 4.79 Å². The average molecular weight is 301 g/mol. The fourth-order valence-electron chi connectivity index (χ4n) is 3.15. The van der Waals surface area contributed by atoms with Gasteiger partial charge in [0.2, 0.25) is 5.91 Å². The molecule has 118 valence electrons. The maximum absolute atomic E-state index is 12.5. The molecule has 1 aliphatic rings. The molecule has 3 rings (SSSR count). The summed E-state index contributed by atoms with van der Waals surface area (Å²) >= 11 is 0. The molecule has 6 nitrogen and oxygen atoms in total. The molecule has 1 fully saturated rings. The van der Waals surface area contributed by atoms with Crippen LogP contribution in [0.15, 0.2) is 31.2 Å². The molecule has 2 aromatic rings. The number of rotatable bonds is 4. The fraction of sp³-hybridized carbons (Fsp3) is 0.562. The third-order valence-corrected chi connectivity index (χ3v) is 4.69. The van der Waals surface area contributed by atoms with E-state index < -0.39 is 0 Å². The topological polar surface area (TPSA) is 56.0 Å². The van der Waals surface area contributed by atoms with Gasteiger partial charge in [0.15, 0.2) is 0 Å². The lowest BCUT2D eigenvalue weighted by Gasteiger charge is -2.37. The van der Waals surface area contributed by atoms with E-state index in [0.29, 0.717) is 18.4 Å². The van der Waals surface area contributed by atoms with Gasteiger partial charge in [0.1, 0.15) is 0 Å². The summed E-state index contributed by atoms with van der Waals surface area (Å²) in [5, 5.41) is 0. The summed E-state index contributed by atoms with van der Waals surface area (Å²) in [5.41, 5.74) is 1.10. The Balaban J connectivity index is 1.60. The molecule has 0 unspecified atom stereocenters. The Hall–Kier alpha value is -2.11. The molecule has 0 aromatic carbocycles. The van der Waals surface area contributed by atoms with Crippen molar-refractivity contribution >= 4 is 5.91 Å². The van der Waals surface area contributed by atoms with E-state index in [1.165, 1.54) is 0 Å². The largest absolute Gasteiger partial charge is 0.341 e. The summed E-state index contributed by atoms with van der Waals surface area (Å²) in [4.78, 5) is 22.7. The number of likely N-dealkylation sites (tertiary alicyclic amines) is 1. The summed E-state index contributed by atoms with van der Waals surface area (Å²) in [6.45, 7) is 3.89. The Kier molecular flexibility index (Phi) is 4.27. The quantitative estimate of drug-likeness (QED) is 0.863. The molecule has 0 spiro atoms. The van der Waals surface area contributed by atoms with Gasteiger partial charge in [-0.2, -0.15) is 0 Å². The van der Waals surface area contributed by atoms with Crippen LogP contribution < -0.4 is 0 Å². The first kappa shape index (κ1) is 14.8.